The molecule has 0 fully saturated rings. The molecule has 6 nitrogen and oxygen atoms in total. The van der Waals surface area contributed by atoms with Gasteiger partial charge in [-0.3, -0.25) is 4.79 Å². The molecule has 1 aliphatic rings. The van der Waals surface area contributed by atoms with Crippen molar-refractivity contribution < 1.29 is 31.1 Å². The number of rotatable bonds is 5. The molecule has 0 spiro atoms. The van der Waals surface area contributed by atoms with Crippen LogP contribution in [0.3, 0.4) is 0 Å². The summed E-state index contributed by atoms with van der Waals surface area (Å²) in [5.74, 6) is -6.24. The summed E-state index contributed by atoms with van der Waals surface area (Å²) in [7, 11) is 0. The highest BCUT2D eigenvalue weighted by molar-refractivity contribution is 5.80. The molecule has 2 heterocycles. The fourth-order valence-corrected chi connectivity index (χ4v) is 3.83. The van der Waals surface area contributed by atoms with Crippen LogP contribution in [-0.4, -0.2) is 38.2 Å². The second kappa shape index (κ2) is 8.48. The van der Waals surface area contributed by atoms with Gasteiger partial charge in [-0.2, -0.15) is 13.2 Å². The van der Waals surface area contributed by atoms with Crippen molar-refractivity contribution in [2.75, 3.05) is 6.54 Å². The van der Waals surface area contributed by atoms with Crippen LogP contribution >= 0.6 is 0 Å². The van der Waals surface area contributed by atoms with E-state index in [1.54, 1.807) is 13.8 Å². The summed E-state index contributed by atoms with van der Waals surface area (Å²) >= 11 is 0. The van der Waals surface area contributed by atoms with Gasteiger partial charge in [0.2, 0.25) is 11.7 Å². The van der Waals surface area contributed by atoms with Gasteiger partial charge >= 0.3 is 6.18 Å². The van der Waals surface area contributed by atoms with Crippen LogP contribution in [0.4, 0.5) is 26.3 Å². The quantitative estimate of drug-likeness (QED) is 0.563. The Labute approximate surface area is 174 Å². The SMILES string of the molecule is CC(C)C(C(=O)N1CCn2c(nnc2C(F)(F)F)C1)[C@H](N)Cc1cc(F)c(F)cc1F. The smallest absolute Gasteiger partial charge is 0.333 e. The third kappa shape index (κ3) is 4.68. The van der Waals surface area contributed by atoms with E-state index >= 15 is 0 Å². The van der Waals surface area contributed by atoms with E-state index in [0.717, 1.165) is 4.57 Å². The maximum atomic E-state index is 14.0. The first kappa shape index (κ1) is 23.0. The largest absolute Gasteiger partial charge is 0.451 e. The summed E-state index contributed by atoms with van der Waals surface area (Å²) in [5, 5.41) is 6.72. The number of fused-ring (bicyclic) bond motifs is 1. The van der Waals surface area contributed by atoms with Crippen LogP contribution in [0.15, 0.2) is 12.1 Å². The van der Waals surface area contributed by atoms with Crippen LogP contribution in [0.5, 0.6) is 0 Å². The van der Waals surface area contributed by atoms with Crippen molar-refractivity contribution in [3.8, 4) is 0 Å². The number of carbonyl (C=O) groups is 1. The summed E-state index contributed by atoms with van der Waals surface area (Å²) in [6.07, 6.45) is -4.88. The van der Waals surface area contributed by atoms with Crippen LogP contribution in [0.1, 0.15) is 31.1 Å². The van der Waals surface area contributed by atoms with E-state index in [0.29, 0.717) is 12.1 Å². The number of halogens is 6. The molecule has 12 heteroatoms. The molecule has 170 valence electrons. The lowest BCUT2D eigenvalue weighted by Crippen LogP contribution is -2.49. The third-order valence-corrected chi connectivity index (χ3v) is 5.33. The Morgan fingerprint density at radius 2 is 1.74 bits per heavy atom. The molecule has 1 unspecified atom stereocenters. The minimum Gasteiger partial charge on any atom is -0.333 e. The number of amides is 1. The van der Waals surface area contributed by atoms with Gasteiger partial charge in [-0.05, 0) is 24.0 Å². The van der Waals surface area contributed by atoms with Crippen molar-refractivity contribution in [2.45, 2.75) is 45.6 Å². The van der Waals surface area contributed by atoms with E-state index in [2.05, 4.69) is 10.2 Å². The van der Waals surface area contributed by atoms with Gasteiger partial charge in [0.25, 0.3) is 0 Å². The van der Waals surface area contributed by atoms with Crippen molar-refractivity contribution in [1.29, 1.82) is 0 Å². The fraction of sp³-hybridized carbons (Fsp3) is 0.526. The average molecular weight is 449 g/mol. The van der Waals surface area contributed by atoms with Crippen molar-refractivity contribution in [3.05, 3.63) is 46.8 Å². The highest BCUT2D eigenvalue weighted by atomic mass is 19.4. The summed E-state index contributed by atoms with van der Waals surface area (Å²) in [4.78, 5) is 14.5. The molecule has 0 aliphatic carbocycles. The molecule has 1 aliphatic heterocycles. The standard InChI is InChI=1S/C19H21F6N5O/c1-9(2)16(14(26)6-10-5-12(21)13(22)7-11(10)20)17(31)29-3-4-30-15(8-29)27-28-18(30)19(23,24)25/h5,7,9,14,16H,3-4,6,8,26H2,1-2H3/t14-,16?/m1/s1. The minimum absolute atomic E-state index is 0.00495. The molecule has 0 radical (unpaired) electrons. The van der Waals surface area contributed by atoms with Crippen LogP contribution < -0.4 is 5.73 Å². The normalized spacial score (nSPS) is 16.4. The predicted molar refractivity (Wildman–Crippen MR) is 96.8 cm³/mol. The zero-order valence-electron chi connectivity index (χ0n) is 16.8. The average Bonchev–Trinajstić information content (AvgIpc) is 3.09. The van der Waals surface area contributed by atoms with Gasteiger partial charge in [-0.15, -0.1) is 10.2 Å². The van der Waals surface area contributed by atoms with Gasteiger partial charge in [0, 0.05) is 25.2 Å². The highest BCUT2D eigenvalue weighted by Crippen LogP contribution is 2.30. The van der Waals surface area contributed by atoms with E-state index in [1.165, 1.54) is 4.90 Å². The summed E-state index contributed by atoms with van der Waals surface area (Å²) in [5.41, 5.74) is 5.99. The van der Waals surface area contributed by atoms with E-state index < -0.39 is 47.3 Å². The highest BCUT2D eigenvalue weighted by Gasteiger charge is 2.41. The van der Waals surface area contributed by atoms with Crippen LogP contribution in [0, 0.1) is 29.3 Å². The molecule has 2 N–H and O–H groups in total. The van der Waals surface area contributed by atoms with Gasteiger partial charge in [-0.1, -0.05) is 13.8 Å². The zero-order valence-corrected chi connectivity index (χ0v) is 16.8. The van der Waals surface area contributed by atoms with E-state index in [4.69, 9.17) is 5.73 Å². The fourth-order valence-electron chi connectivity index (χ4n) is 3.83. The Morgan fingerprint density at radius 3 is 2.35 bits per heavy atom. The lowest BCUT2D eigenvalue weighted by molar-refractivity contribution is -0.148. The summed E-state index contributed by atoms with van der Waals surface area (Å²) in [6.45, 7) is 3.11. The Kier molecular flexibility index (Phi) is 6.30. The van der Waals surface area contributed by atoms with Gasteiger partial charge in [0.15, 0.2) is 17.5 Å². The Morgan fingerprint density at radius 1 is 1.10 bits per heavy atom. The molecular formula is C19H21F6N5O. The Hall–Kier alpha value is -2.63. The predicted octanol–water partition coefficient (Wildman–Crippen LogP) is 2.90. The molecule has 3 rings (SSSR count). The van der Waals surface area contributed by atoms with Crippen molar-refractivity contribution >= 4 is 5.91 Å². The van der Waals surface area contributed by atoms with Crippen LogP contribution in [0.2, 0.25) is 0 Å². The third-order valence-electron chi connectivity index (χ3n) is 5.33. The lowest BCUT2D eigenvalue weighted by Gasteiger charge is -2.34. The number of hydrogen-bond donors (Lipinski definition) is 1. The van der Waals surface area contributed by atoms with E-state index in [-0.39, 0.29) is 43.4 Å². The van der Waals surface area contributed by atoms with Crippen LogP contribution in [-0.2, 0) is 30.5 Å². The van der Waals surface area contributed by atoms with Gasteiger partial charge in [0.05, 0.1) is 12.5 Å². The first-order chi connectivity index (χ1) is 14.4. The van der Waals surface area contributed by atoms with E-state index in [1.807, 2.05) is 0 Å². The minimum atomic E-state index is -4.66. The van der Waals surface area contributed by atoms with Gasteiger partial charge < -0.3 is 15.2 Å². The van der Waals surface area contributed by atoms with Gasteiger partial charge in [0.1, 0.15) is 5.82 Å². The molecule has 1 amide bonds. The van der Waals surface area contributed by atoms with Gasteiger partial charge in [-0.25, -0.2) is 13.2 Å². The summed E-state index contributed by atoms with van der Waals surface area (Å²) < 4.78 is 80.6. The monoisotopic (exact) mass is 449 g/mol. The lowest BCUT2D eigenvalue weighted by atomic mass is 9.84. The molecule has 0 bridgehead atoms. The second-order valence-electron chi connectivity index (χ2n) is 7.84. The molecule has 2 aromatic rings. The number of alkyl halides is 3. The molecule has 0 saturated carbocycles. The molecular weight excluding hydrogens is 428 g/mol. The maximum absolute atomic E-state index is 14.0. The number of aromatic nitrogens is 3. The molecule has 0 saturated heterocycles. The molecule has 1 aromatic carbocycles. The van der Waals surface area contributed by atoms with Crippen LogP contribution in [0.25, 0.3) is 0 Å². The number of nitrogens with zero attached hydrogens (tertiary/aromatic N) is 4. The van der Waals surface area contributed by atoms with E-state index in [9.17, 15) is 31.1 Å². The number of nitrogens with two attached hydrogens (primary N) is 1. The first-order valence-electron chi connectivity index (χ1n) is 9.57. The summed E-state index contributed by atoms with van der Waals surface area (Å²) in [6, 6.07) is 0.186. The second-order valence-corrected chi connectivity index (χ2v) is 7.84. The molecule has 2 atom stereocenters. The number of carbonyl (C=O) groups excluding carboxylic acids is 1. The van der Waals surface area contributed by atoms with Crippen molar-refractivity contribution in [3.63, 3.8) is 0 Å². The molecule has 1 aromatic heterocycles. The Balaban J connectivity index is 1.78. The van der Waals surface area contributed by atoms with Crippen molar-refractivity contribution in [1.82, 2.24) is 19.7 Å². The number of benzene rings is 1. The van der Waals surface area contributed by atoms with Crippen molar-refractivity contribution in [2.24, 2.45) is 17.6 Å². The topological polar surface area (TPSA) is 77.0 Å². The first-order valence-corrected chi connectivity index (χ1v) is 9.57. The Bertz CT molecular complexity index is 973. The maximum Gasteiger partial charge on any atom is 0.451 e. The number of hydrogen-bond acceptors (Lipinski definition) is 4. The zero-order chi connectivity index (χ0) is 23.1. The molecule has 31 heavy (non-hydrogen) atoms.